The Bertz CT molecular complexity index is 676. The maximum Gasteiger partial charge on any atom is 0.194 e. The number of aromatic nitrogens is 2. The molecule has 0 bridgehead atoms. The van der Waals surface area contributed by atoms with Crippen LogP contribution in [0.2, 0.25) is 0 Å². The summed E-state index contributed by atoms with van der Waals surface area (Å²) in [6.07, 6.45) is 8.48. The highest BCUT2D eigenvalue weighted by molar-refractivity contribution is 7.15. The molecule has 0 amide bonds. The van der Waals surface area contributed by atoms with Gasteiger partial charge in [0.15, 0.2) is 4.96 Å². The first-order valence-corrected chi connectivity index (χ1v) is 10.1. The van der Waals surface area contributed by atoms with Crippen LogP contribution in [0.5, 0.6) is 0 Å². The molecule has 2 aromatic rings. The van der Waals surface area contributed by atoms with Gasteiger partial charge in [0.05, 0.1) is 11.4 Å². The predicted octanol–water partition coefficient (Wildman–Crippen LogP) is 2.52. The van der Waals surface area contributed by atoms with E-state index in [4.69, 9.17) is 0 Å². The van der Waals surface area contributed by atoms with Gasteiger partial charge in [0.1, 0.15) is 0 Å². The Balaban J connectivity index is 1.47. The van der Waals surface area contributed by atoms with Crippen molar-refractivity contribution in [2.75, 3.05) is 26.2 Å². The van der Waals surface area contributed by atoms with Gasteiger partial charge >= 0.3 is 0 Å². The number of aliphatic hydroxyl groups is 1. The van der Waals surface area contributed by atoms with E-state index < -0.39 is 0 Å². The average Bonchev–Trinajstić information content (AvgIpc) is 3.28. The lowest BCUT2D eigenvalue weighted by molar-refractivity contribution is 0.0261. The van der Waals surface area contributed by atoms with E-state index in [1.807, 2.05) is 0 Å². The van der Waals surface area contributed by atoms with Crippen LogP contribution in [0.1, 0.15) is 43.5 Å². The highest BCUT2D eigenvalue weighted by Crippen LogP contribution is 2.28. The summed E-state index contributed by atoms with van der Waals surface area (Å²) in [4.78, 5) is 11.0. The minimum Gasteiger partial charge on any atom is -0.396 e. The second kappa shape index (κ2) is 7.12. The fourth-order valence-corrected chi connectivity index (χ4v) is 5.32. The highest BCUT2D eigenvalue weighted by atomic mass is 32.1. The summed E-state index contributed by atoms with van der Waals surface area (Å²) in [5, 5.41) is 11.6. The first kappa shape index (κ1) is 16.5. The van der Waals surface area contributed by atoms with Gasteiger partial charge in [-0.15, -0.1) is 11.3 Å². The van der Waals surface area contributed by atoms with Crippen molar-refractivity contribution in [2.24, 2.45) is 0 Å². The zero-order valence-corrected chi connectivity index (χ0v) is 15.3. The second-order valence-electron chi connectivity index (χ2n) is 7.28. The monoisotopic (exact) mass is 348 g/mol. The van der Waals surface area contributed by atoms with Crippen LogP contribution in [0.3, 0.4) is 0 Å². The lowest BCUT2D eigenvalue weighted by Gasteiger charge is -2.44. The van der Waals surface area contributed by atoms with Gasteiger partial charge in [-0.25, -0.2) is 4.98 Å². The molecular formula is C18H28N4OS. The van der Waals surface area contributed by atoms with Crippen molar-refractivity contribution in [3.63, 3.8) is 0 Å². The minimum absolute atomic E-state index is 0.294. The van der Waals surface area contributed by atoms with E-state index in [0.717, 1.165) is 49.3 Å². The fraction of sp³-hybridized carbons (Fsp3) is 0.722. The molecule has 0 radical (unpaired) electrons. The molecule has 4 rings (SSSR count). The molecule has 5 nitrogen and oxygen atoms in total. The number of imidazole rings is 1. The van der Waals surface area contributed by atoms with E-state index in [1.165, 1.54) is 31.4 Å². The van der Waals surface area contributed by atoms with Crippen LogP contribution in [-0.4, -0.2) is 62.6 Å². The van der Waals surface area contributed by atoms with Gasteiger partial charge in [-0.1, -0.05) is 12.8 Å². The number of piperazine rings is 1. The van der Waals surface area contributed by atoms with Gasteiger partial charge in [0, 0.05) is 56.4 Å². The van der Waals surface area contributed by atoms with Crippen molar-refractivity contribution in [2.45, 2.75) is 57.7 Å². The summed E-state index contributed by atoms with van der Waals surface area (Å²) < 4.78 is 2.24. The van der Waals surface area contributed by atoms with E-state index in [1.54, 1.807) is 11.3 Å². The van der Waals surface area contributed by atoms with Crippen molar-refractivity contribution in [1.29, 1.82) is 0 Å². The summed E-state index contributed by atoms with van der Waals surface area (Å²) in [6, 6.07) is 1.25. The number of nitrogens with zero attached hydrogens (tertiary/aromatic N) is 4. The summed E-state index contributed by atoms with van der Waals surface area (Å²) >= 11 is 1.70. The zero-order chi connectivity index (χ0) is 16.5. The van der Waals surface area contributed by atoms with Crippen molar-refractivity contribution in [1.82, 2.24) is 19.2 Å². The zero-order valence-electron chi connectivity index (χ0n) is 14.5. The van der Waals surface area contributed by atoms with Gasteiger partial charge in [0.2, 0.25) is 0 Å². The lowest BCUT2D eigenvalue weighted by Crippen LogP contribution is -2.56. The Labute approximate surface area is 147 Å². The quantitative estimate of drug-likeness (QED) is 0.902. The molecule has 2 fully saturated rings. The fourth-order valence-electron chi connectivity index (χ4n) is 4.54. The van der Waals surface area contributed by atoms with Gasteiger partial charge in [-0.05, 0) is 26.2 Å². The molecule has 0 aromatic carbocycles. The molecule has 132 valence electrons. The number of hydrogen-bond acceptors (Lipinski definition) is 5. The third kappa shape index (κ3) is 3.12. The molecule has 2 aliphatic rings. The third-order valence-corrected chi connectivity index (χ3v) is 6.56. The second-order valence-corrected chi connectivity index (χ2v) is 8.15. The Morgan fingerprint density at radius 2 is 2.12 bits per heavy atom. The molecule has 1 aliphatic heterocycles. The summed E-state index contributed by atoms with van der Waals surface area (Å²) in [6.45, 7) is 6.70. The van der Waals surface area contributed by atoms with E-state index in [-0.39, 0.29) is 0 Å². The Morgan fingerprint density at radius 1 is 1.29 bits per heavy atom. The number of aliphatic hydroxyl groups excluding tert-OH is 1. The molecule has 6 heteroatoms. The van der Waals surface area contributed by atoms with Crippen molar-refractivity contribution >= 4 is 16.3 Å². The highest BCUT2D eigenvalue weighted by Gasteiger charge is 2.33. The smallest absolute Gasteiger partial charge is 0.194 e. The first-order valence-electron chi connectivity index (χ1n) is 9.26. The molecule has 1 atom stereocenters. The van der Waals surface area contributed by atoms with Crippen LogP contribution in [0, 0.1) is 6.92 Å². The molecule has 1 aliphatic carbocycles. The van der Waals surface area contributed by atoms with Gasteiger partial charge < -0.3 is 5.11 Å². The normalized spacial score (nSPS) is 24.3. The minimum atomic E-state index is 0.294. The molecule has 2 aromatic heterocycles. The average molecular weight is 349 g/mol. The molecule has 1 saturated carbocycles. The third-order valence-electron chi connectivity index (χ3n) is 5.80. The van der Waals surface area contributed by atoms with Gasteiger partial charge in [-0.2, -0.15) is 0 Å². The van der Waals surface area contributed by atoms with E-state index in [0.29, 0.717) is 12.6 Å². The maximum absolute atomic E-state index is 9.52. The van der Waals surface area contributed by atoms with E-state index in [2.05, 4.69) is 37.7 Å². The predicted molar refractivity (Wildman–Crippen MR) is 97.5 cm³/mol. The molecule has 1 N–H and O–H groups in total. The van der Waals surface area contributed by atoms with Gasteiger partial charge in [-0.3, -0.25) is 14.2 Å². The molecular weight excluding hydrogens is 320 g/mol. The lowest BCUT2D eigenvalue weighted by atomic mass is 10.0. The number of hydrogen-bond donors (Lipinski definition) is 1. The number of rotatable bonds is 5. The summed E-state index contributed by atoms with van der Waals surface area (Å²) in [5.41, 5.74) is 2.47. The molecule has 0 unspecified atom stereocenters. The van der Waals surface area contributed by atoms with Crippen molar-refractivity contribution in [3.8, 4) is 0 Å². The largest absolute Gasteiger partial charge is 0.396 e. The Morgan fingerprint density at radius 3 is 2.92 bits per heavy atom. The molecule has 1 saturated heterocycles. The maximum atomic E-state index is 9.52. The summed E-state index contributed by atoms with van der Waals surface area (Å²) in [7, 11) is 0. The topological polar surface area (TPSA) is 44.0 Å². The summed E-state index contributed by atoms with van der Waals surface area (Å²) in [5.74, 6) is 0. The number of aryl methyl sites for hydroxylation is 1. The standard InChI is InChI=1S/C18H28N4OS/c1-14-17(22-9-11-24-18(22)19-14)13-20-7-8-21(15-4-2-3-5-15)16(12-20)6-10-23/h9,11,15-16,23H,2-8,10,12-13H2,1H3/t16-/m0/s1. The van der Waals surface area contributed by atoms with Crippen LogP contribution in [0.25, 0.3) is 4.96 Å². The Hall–Kier alpha value is -0.950. The Kier molecular flexibility index (Phi) is 4.90. The number of thiazole rings is 1. The van der Waals surface area contributed by atoms with E-state index >= 15 is 0 Å². The van der Waals surface area contributed by atoms with Crippen LogP contribution in [0.15, 0.2) is 11.6 Å². The van der Waals surface area contributed by atoms with Crippen molar-refractivity contribution < 1.29 is 5.11 Å². The van der Waals surface area contributed by atoms with E-state index in [9.17, 15) is 5.11 Å². The van der Waals surface area contributed by atoms with Crippen LogP contribution < -0.4 is 0 Å². The molecule has 3 heterocycles. The van der Waals surface area contributed by atoms with Crippen LogP contribution in [-0.2, 0) is 6.54 Å². The first-order chi connectivity index (χ1) is 11.8. The van der Waals surface area contributed by atoms with Crippen LogP contribution in [0.4, 0.5) is 0 Å². The van der Waals surface area contributed by atoms with Crippen molar-refractivity contribution in [3.05, 3.63) is 23.0 Å². The van der Waals surface area contributed by atoms with Gasteiger partial charge in [0.25, 0.3) is 0 Å². The molecule has 0 spiro atoms. The molecule has 24 heavy (non-hydrogen) atoms. The number of fused-ring (bicyclic) bond motifs is 1. The van der Waals surface area contributed by atoms with Crippen LogP contribution >= 0.6 is 11.3 Å². The SMILES string of the molecule is Cc1nc2sccn2c1CN1CCN(C2CCCC2)[C@@H](CCO)C1.